The minimum Gasteiger partial charge on any atom is -0.390 e. The summed E-state index contributed by atoms with van der Waals surface area (Å²) in [6.45, 7) is 1.90. The number of benzene rings is 1. The quantitative estimate of drug-likeness (QED) is 0.296. The molecule has 1 aliphatic rings. The molecule has 0 aliphatic heterocycles. The SMILES string of the molecule is Cc1ccc(NC(=O)NC2CC(O)(C(=O)NC(Cc3cccs3)C(N)=O)CC(O)C2O)cc1. The zero-order valence-corrected chi connectivity index (χ0v) is 18.8. The first kappa shape index (κ1) is 24.6. The van der Waals surface area contributed by atoms with Crippen molar-refractivity contribution in [1.29, 1.82) is 0 Å². The number of rotatable bonds is 7. The lowest BCUT2D eigenvalue weighted by Crippen LogP contribution is -2.64. The van der Waals surface area contributed by atoms with Crippen LogP contribution in [0.25, 0.3) is 0 Å². The van der Waals surface area contributed by atoms with Crippen LogP contribution < -0.4 is 21.7 Å². The van der Waals surface area contributed by atoms with Gasteiger partial charge in [0.15, 0.2) is 0 Å². The number of aryl methyl sites for hydroxylation is 1. The number of carbonyl (C=O) groups excluding carboxylic acids is 3. The van der Waals surface area contributed by atoms with Crippen LogP contribution in [0.1, 0.15) is 23.3 Å². The Labute approximate surface area is 194 Å². The van der Waals surface area contributed by atoms with Crippen molar-refractivity contribution in [1.82, 2.24) is 10.6 Å². The molecule has 33 heavy (non-hydrogen) atoms. The Bertz CT molecular complexity index is 983. The normalized spacial score (nSPS) is 25.6. The third-order valence-corrected chi connectivity index (χ3v) is 6.49. The first-order valence-corrected chi connectivity index (χ1v) is 11.3. The number of carbonyl (C=O) groups is 3. The van der Waals surface area contributed by atoms with Crippen LogP contribution in [-0.4, -0.2) is 63.1 Å². The van der Waals surface area contributed by atoms with Crippen molar-refractivity contribution < 1.29 is 29.7 Å². The molecule has 2 aromatic rings. The molecule has 8 N–H and O–H groups in total. The Morgan fingerprint density at radius 1 is 1.18 bits per heavy atom. The van der Waals surface area contributed by atoms with Crippen LogP contribution in [0.5, 0.6) is 0 Å². The van der Waals surface area contributed by atoms with Crippen LogP contribution in [0.4, 0.5) is 10.5 Å². The van der Waals surface area contributed by atoms with E-state index in [2.05, 4.69) is 16.0 Å². The van der Waals surface area contributed by atoms with E-state index < -0.39 is 54.2 Å². The van der Waals surface area contributed by atoms with Crippen molar-refractivity contribution in [3.05, 3.63) is 52.2 Å². The number of amides is 4. The van der Waals surface area contributed by atoms with E-state index in [1.54, 1.807) is 24.3 Å². The molecule has 5 unspecified atom stereocenters. The van der Waals surface area contributed by atoms with E-state index in [0.29, 0.717) is 5.69 Å². The second-order valence-electron chi connectivity index (χ2n) is 8.28. The highest BCUT2D eigenvalue weighted by Crippen LogP contribution is 2.30. The van der Waals surface area contributed by atoms with Gasteiger partial charge in [0.1, 0.15) is 17.7 Å². The summed E-state index contributed by atoms with van der Waals surface area (Å²) < 4.78 is 0. The molecule has 3 rings (SSSR count). The molecular formula is C22H28N4O6S. The molecule has 0 bridgehead atoms. The number of hydrogen-bond acceptors (Lipinski definition) is 7. The van der Waals surface area contributed by atoms with Crippen LogP contribution in [0, 0.1) is 6.92 Å². The van der Waals surface area contributed by atoms with E-state index in [0.717, 1.165) is 10.4 Å². The summed E-state index contributed by atoms with van der Waals surface area (Å²) in [4.78, 5) is 37.9. The minimum atomic E-state index is -2.14. The van der Waals surface area contributed by atoms with E-state index in [1.165, 1.54) is 11.3 Å². The number of nitrogens with two attached hydrogens (primary N) is 1. The molecule has 1 fully saturated rings. The third kappa shape index (κ3) is 6.29. The van der Waals surface area contributed by atoms with Gasteiger partial charge in [-0.05, 0) is 30.5 Å². The highest BCUT2D eigenvalue weighted by atomic mass is 32.1. The topological polar surface area (TPSA) is 174 Å². The van der Waals surface area contributed by atoms with Crippen LogP contribution >= 0.6 is 11.3 Å². The molecule has 0 spiro atoms. The van der Waals surface area contributed by atoms with Gasteiger partial charge in [-0.1, -0.05) is 23.8 Å². The minimum absolute atomic E-state index is 0.153. The van der Waals surface area contributed by atoms with Gasteiger partial charge < -0.3 is 37.0 Å². The summed E-state index contributed by atoms with van der Waals surface area (Å²) in [5.41, 5.74) is 4.80. The Hall–Kier alpha value is -2.99. The number of nitrogens with one attached hydrogen (secondary N) is 3. The lowest BCUT2D eigenvalue weighted by atomic mass is 9.77. The zero-order valence-electron chi connectivity index (χ0n) is 18.0. The van der Waals surface area contributed by atoms with Gasteiger partial charge in [-0.15, -0.1) is 11.3 Å². The summed E-state index contributed by atoms with van der Waals surface area (Å²) in [5, 5.41) is 40.9. The number of urea groups is 1. The summed E-state index contributed by atoms with van der Waals surface area (Å²) >= 11 is 1.39. The molecule has 1 saturated carbocycles. The Balaban J connectivity index is 1.67. The summed E-state index contributed by atoms with van der Waals surface area (Å²) in [7, 11) is 0. The predicted molar refractivity (Wildman–Crippen MR) is 122 cm³/mol. The number of aliphatic hydroxyl groups excluding tert-OH is 2. The lowest BCUT2D eigenvalue weighted by molar-refractivity contribution is -0.158. The van der Waals surface area contributed by atoms with Gasteiger partial charge in [-0.2, -0.15) is 0 Å². The fraction of sp³-hybridized carbons (Fsp3) is 0.409. The summed E-state index contributed by atoms with van der Waals surface area (Å²) in [6, 6.07) is 7.73. The van der Waals surface area contributed by atoms with Crippen molar-refractivity contribution in [2.75, 3.05) is 5.32 Å². The van der Waals surface area contributed by atoms with Crippen LogP contribution in [-0.2, 0) is 16.0 Å². The number of hydrogen-bond donors (Lipinski definition) is 7. The van der Waals surface area contributed by atoms with Gasteiger partial charge in [-0.3, -0.25) is 9.59 Å². The van der Waals surface area contributed by atoms with E-state index in [-0.39, 0.29) is 12.8 Å². The predicted octanol–water partition coefficient (Wildman–Crippen LogP) is 0.00612. The number of primary amides is 1. The van der Waals surface area contributed by atoms with Crippen molar-refractivity contribution in [3.8, 4) is 0 Å². The highest BCUT2D eigenvalue weighted by molar-refractivity contribution is 7.09. The molecule has 1 aliphatic carbocycles. The molecule has 4 amide bonds. The van der Waals surface area contributed by atoms with Gasteiger partial charge in [-0.25, -0.2) is 4.79 Å². The first-order valence-electron chi connectivity index (χ1n) is 10.4. The standard InChI is InChI=1S/C22H28N4O6S/c1-12-4-6-13(7-5-12)24-21(31)26-16-10-22(32,11-17(27)18(16)28)20(30)25-15(19(23)29)9-14-3-2-8-33-14/h2-8,15-18,27-28,32H,9-11H2,1H3,(H2,23,29)(H,25,30)(H2,24,26,31). The summed E-state index contributed by atoms with van der Waals surface area (Å²) in [6.07, 6.45) is -3.57. The number of anilines is 1. The van der Waals surface area contributed by atoms with Crippen LogP contribution in [0.15, 0.2) is 41.8 Å². The second kappa shape index (κ2) is 10.3. The molecule has 0 saturated heterocycles. The Kier molecular flexibility index (Phi) is 7.69. The van der Waals surface area contributed by atoms with E-state index in [4.69, 9.17) is 5.73 Å². The fourth-order valence-corrected chi connectivity index (χ4v) is 4.49. The van der Waals surface area contributed by atoms with Crippen molar-refractivity contribution in [2.24, 2.45) is 5.73 Å². The molecule has 178 valence electrons. The molecule has 1 heterocycles. The highest BCUT2D eigenvalue weighted by Gasteiger charge is 2.49. The summed E-state index contributed by atoms with van der Waals surface area (Å²) in [5.74, 6) is -1.69. The average Bonchev–Trinajstić information content (AvgIpc) is 3.26. The molecule has 1 aromatic heterocycles. The van der Waals surface area contributed by atoms with Gasteiger partial charge in [0.2, 0.25) is 5.91 Å². The van der Waals surface area contributed by atoms with Gasteiger partial charge in [0.25, 0.3) is 5.91 Å². The zero-order chi connectivity index (χ0) is 24.2. The lowest BCUT2D eigenvalue weighted by Gasteiger charge is -2.41. The van der Waals surface area contributed by atoms with Crippen LogP contribution in [0.2, 0.25) is 0 Å². The van der Waals surface area contributed by atoms with Crippen LogP contribution in [0.3, 0.4) is 0 Å². The maximum absolute atomic E-state index is 12.9. The third-order valence-electron chi connectivity index (χ3n) is 5.59. The van der Waals surface area contributed by atoms with Crippen molar-refractivity contribution >= 4 is 34.9 Å². The van der Waals surface area contributed by atoms with Gasteiger partial charge in [0.05, 0.1) is 12.1 Å². The monoisotopic (exact) mass is 476 g/mol. The average molecular weight is 477 g/mol. The second-order valence-corrected chi connectivity index (χ2v) is 9.31. The largest absolute Gasteiger partial charge is 0.390 e. The van der Waals surface area contributed by atoms with Crippen molar-refractivity contribution in [2.45, 2.75) is 56.1 Å². The molecule has 0 radical (unpaired) electrons. The smallest absolute Gasteiger partial charge is 0.319 e. The van der Waals surface area contributed by atoms with E-state index in [9.17, 15) is 29.7 Å². The van der Waals surface area contributed by atoms with Crippen molar-refractivity contribution in [3.63, 3.8) is 0 Å². The Morgan fingerprint density at radius 2 is 1.88 bits per heavy atom. The molecule has 10 nitrogen and oxygen atoms in total. The van der Waals surface area contributed by atoms with Gasteiger partial charge >= 0.3 is 6.03 Å². The Morgan fingerprint density at radius 3 is 2.48 bits per heavy atom. The maximum Gasteiger partial charge on any atom is 0.319 e. The van der Waals surface area contributed by atoms with E-state index >= 15 is 0 Å². The molecule has 1 aromatic carbocycles. The number of thiophene rings is 1. The van der Waals surface area contributed by atoms with E-state index in [1.807, 2.05) is 24.4 Å². The molecule has 5 atom stereocenters. The molecular weight excluding hydrogens is 448 g/mol. The number of aliphatic hydroxyl groups is 3. The fourth-order valence-electron chi connectivity index (χ4n) is 3.74. The van der Waals surface area contributed by atoms with Gasteiger partial charge in [0, 0.05) is 29.8 Å². The maximum atomic E-state index is 12.9. The first-order chi connectivity index (χ1) is 15.6. The molecule has 11 heteroatoms.